The molecule has 0 saturated carbocycles. The predicted molar refractivity (Wildman–Crippen MR) is 84.3 cm³/mol. The summed E-state index contributed by atoms with van der Waals surface area (Å²) in [6.07, 6.45) is 0.175. The summed E-state index contributed by atoms with van der Waals surface area (Å²) < 4.78 is 13.0. The van der Waals surface area contributed by atoms with Crippen molar-refractivity contribution in [2.24, 2.45) is 0 Å². The van der Waals surface area contributed by atoms with Gasteiger partial charge in [0.2, 0.25) is 5.91 Å². The SMILES string of the molecule is C[NH+](Cc1ccccc1)C1CC(=O)N(c2ccc(F)cc2)C1=O. The maximum atomic E-state index is 13.0. The van der Waals surface area contributed by atoms with Gasteiger partial charge in [0.1, 0.15) is 12.4 Å². The zero-order valence-corrected chi connectivity index (χ0v) is 12.8. The Hall–Kier alpha value is -2.53. The van der Waals surface area contributed by atoms with Crippen LogP contribution in [0.1, 0.15) is 12.0 Å². The number of benzene rings is 2. The van der Waals surface area contributed by atoms with Crippen LogP contribution in [0.4, 0.5) is 10.1 Å². The maximum Gasteiger partial charge on any atom is 0.292 e. The van der Waals surface area contributed by atoms with Gasteiger partial charge in [-0.15, -0.1) is 0 Å². The minimum absolute atomic E-state index is 0.175. The molecule has 0 bridgehead atoms. The van der Waals surface area contributed by atoms with E-state index in [-0.39, 0.29) is 18.2 Å². The molecule has 1 N–H and O–H groups in total. The number of imide groups is 1. The first-order valence-corrected chi connectivity index (χ1v) is 7.55. The minimum atomic E-state index is -0.409. The fourth-order valence-corrected chi connectivity index (χ4v) is 2.92. The highest BCUT2D eigenvalue weighted by atomic mass is 19.1. The molecule has 2 unspecified atom stereocenters. The number of quaternary nitrogens is 1. The van der Waals surface area contributed by atoms with E-state index in [4.69, 9.17) is 0 Å². The van der Waals surface area contributed by atoms with Gasteiger partial charge in [-0.1, -0.05) is 30.3 Å². The van der Waals surface area contributed by atoms with Gasteiger partial charge in [-0.25, -0.2) is 9.29 Å². The van der Waals surface area contributed by atoms with Crippen LogP contribution in [-0.4, -0.2) is 24.9 Å². The highest BCUT2D eigenvalue weighted by molar-refractivity contribution is 6.21. The molecule has 0 spiro atoms. The van der Waals surface area contributed by atoms with Crippen LogP contribution in [0.15, 0.2) is 54.6 Å². The molecule has 2 atom stereocenters. The number of nitrogens with one attached hydrogen (secondary N) is 1. The second kappa shape index (κ2) is 6.30. The Kier molecular flexibility index (Phi) is 4.21. The Morgan fingerprint density at radius 1 is 1.09 bits per heavy atom. The van der Waals surface area contributed by atoms with Crippen molar-refractivity contribution >= 4 is 17.5 Å². The van der Waals surface area contributed by atoms with Crippen LogP contribution in [0.2, 0.25) is 0 Å². The summed E-state index contributed by atoms with van der Waals surface area (Å²) in [6, 6.07) is 14.9. The zero-order chi connectivity index (χ0) is 16.4. The molecule has 3 rings (SSSR count). The molecule has 2 amide bonds. The third-order valence-electron chi connectivity index (χ3n) is 4.15. The molecule has 1 saturated heterocycles. The number of carbonyl (C=O) groups excluding carboxylic acids is 2. The van der Waals surface area contributed by atoms with Crippen LogP contribution < -0.4 is 9.80 Å². The van der Waals surface area contributed by atoms with E-state index in [2.05, 4.69) is 0 Å². The van der Waals surface area contributed by atoms with E-state index in [1.807, 2.05) is 37.4 Å². The van der Waals surface area contributed by atoms with Gasteiger partial charge in [-0.3, -0.25) is 9.59 Å². The number of likely N-dealkylation sites (N-methyl/N-ethyl adjacent to an activating group) is 1. The van der Waals surface area contributed by atoms with Gasteiger partial charge in [0.15, 0.2) is 6.04 Å². The number of amides is 2. The van der Waals surface area contributed by atoms with Gasteiger partial charge in [-0.2, -0.15) is 0 Å². The first-order chi connectivity index (χ1) is 11.1. The summed E-state index contributed by atoms with van der Waals surface area (Å²) in [5.74, 6) is -0.856. The number of rotatable bonds is 4. The molecule has 4 nitrogen and oxygen atoms in total. The first kappa shape index (κ1) is 15.4. The number of anilines is 1. The molecule has 0 radical (unpaired) electrons. The van der Waals surface area contributed by atoms with Gasteiger partial charge in [0.05, 0.1) is 19.2 Å². The molecule has 5 heteroatoms. The van der Waals surface area contributed by atoms with E-state index >= 15 is 0 Å². The summed E-state index contributed by atoms with van der Waals surface area (Å²) in [7, 11) is 1.91. The molecule has 23 heavy (non-hydrogen) atoms. The number of hydrogen-bond donors (Lipinski definition) is 1. The van der Waals surface area contributed by atoms with Crippen LogP contribution >= 0.6 is 0 Å². The molecule has 1 aliphatic rings. The standard InChI is InChI=1S/C18H17FN2O2/c1-20(12-13-5-3-2-4-6-13)16-11-17(22)21(18(16)23)15-9-7-14(19)8-10-15/h2-10,16H,11-12H2,1H3/p+1. The van der Waals surface area contributed by atoms with E-state index in [9.17, 15) is 14.0 Å². The fraction of sp³-hybridized carbons (Fsp3) is 0.222. The lowest BCUT2D eigenvalue weighted by atomic mass is 10.1. The minimum Gasteiger partial charge on any atom is -0.323 e. The molecule has 2 aromatic carbocycles. The van der Waals surface area contributed by atoms with Crippen LogP contribution in [0.25, 0.3) is 0 Å². The molecular weight excluding hydrogens is 295 g/mol. The first-order valence-electron chi connectivity index (χ1n) is 7.55. The van der Waals surface area contributed by atoms with Crippen LogP contribution in [0, 0.1) is 5.82 Å². The van der Waals surface area contributed by atoms with Gasteiger partial charge >= 0.3 is 0 Å². The smallest absolute Gasteiger partial charge is 0.292 e. The van der Waals surface area contributed by atoms with E-state index in [0.717, 1.165) is 10.5 Å². The lowest BCUT2D eigenvalue weighted by Crippen LogP contribution is -3.12. The fourth-order valence-electron chi connectivity index (χ4n) is 2.92. The topological polar surface area (TPSA) is 41.8 Å². The van der Waals surface area contributed by atoms with Crippen LogP contribution in [-0.2, 0) is 16.1 Å². The average molecular weight is 313 g/mol. The highest BCUT2D eigenvalue weighted by Crippen LogP contribution is 2.22. The second-order valence-electron chi connectivity index (χ2n) is 5.81. The summed E-state index contributed by atoms with van der Waals surface area (Å²) in [5.41, 5.74) is 1.54. The maximum absolute atomic E-state index is 13.0. The quantitative estimate of drug-likeness (QED) is 0.861. The molecule has 1 fully saturated rings. The number of carbonyl (C=O) groups is 2. The van der Waals surface area contributed by atoms with E-state index in [1.165, 1.54) is 29.2 Å². The second-order valence-corrected chi connectivity index (χ2v) is 5.81. The van der Waals surface area contributed by atoms with E-state index < -0.39 is 11.9 Å². The lowest BCUT2D eigenvalue weighted by Gasteiger charge is -2.20. The molecular formula is C18H18FN2O2+. The number of halogens is 1. The van der Waals surface area contributed by atoms with Gasteiger partial charge in [0, 0.05) is 5.56 Å². The van der Waals surface area contributed by atoms with Gasteiger partial charge in [-0.05, 0) is 24.3 Å². The Morgan fingerprint density at radius 3 is 2.39 bits per heavy atom. The monoisotopic (exact) mass is 313 g/mol. The Balaban J connectivity index is 1.76. The molecule has 0 aromatic heterocycles. The van der Waals surface area contributed by atoms with Crippen LogP contribution in [0.3, 0.4) is 0 Å². The van der Waals surface area contributed by atoms with Crippen molar-refractivity contribution < 1.29 is 18.9 Å². The lowest BCUT2D eigenvalue weighted by molar-refractivity contribution is -0.908. The van der Waals surface area contributed by atoms with Crippen molar-refractivity contribution in [2.45, 2.75) is 19.0 Å². The van der Waals surface area contributed by atoms with Crippen molar-refractivity contribution in [2.75, 3.05) is 11.9 Å². The molecule has 1 heterocycles. The Labute approximate surface area is 134 Å². The van der Waals surface area contributed by atoms with Crippen molar-refractivity contribution in [1.29, 1.82) is 0 Å². The predicted octanol–water partition coefficient (Wildman–Crippen LogP) is 1.17. The average Bonchev–Trinajstić information content (AvgIpc) is 2.84. The summed E-state index contributed by atoms with van der Waals surface area (Å²) in [4.78, 5) is 27.0. The van der Waals surface area contributed by atoms with Crippen molar-refractivity contribution in [3.05, 3.63) is 66.0 Å². The largest absolute Gasteiger partial charge is 0.323 e. The van der Waals surface area contributed by atoms with Crippen LogP contribution in [0.5, 0.6) is 0 Å². The molecule has 2 aromatic rings. The summed E-state index contributed by atoms with van der Waals surface area (Å²) in [5, 5.41) is 0. The normalized spacial score (nSPS) is 19.2. The van der Waals surface area contributed by atoms with E-state index in [1.54, 1.807) is 0 Å². The van der Waals surface area contributed by atoms with Gasteiger partial charge < -0.3 is 4.90 Å². The zero-order valence-electron chi connectivity index (χ0n) is 12.8. The van der Waals surface area contributed by atoms with E-state index in [0.29, 0.717) is 12.2 Å². The third-order valence-corrected chi connectivity index (χ3v) is 4.15. The van der Waals surface area contributed by atoms with Crippen molar-refractivity contribution in [1.82, 2.24) is 0 Å². The highest BCUT2D eigenvalue weighted by Gasteiger charge is 2.44. The van der Waals surface area contributed by atoms with Gasteiger partial charge in [0.25, 0.3) is 5.91 Å². The third kappa shape index (κ3) is 3.14. The molecule has 1 aliphatic heterocycles. The molecule has 0 aliphatic carbocycles. The van der Waals surface area contributed by atoms with Crippen molar-refractivity contribution in [3.8, 4) is 0 Å². The summed E-state index contributed by atoms with van der Waals surface area (Å²) in [6.45, 7) is 0.668. The molecule has 118 valence electrons. The number of nitrogens with zero attached hydrogens (tertiary/aromatic N) is 1. The van der Waals surface area contributed by atoms with Crippen molar-refractivity contribution in [3.63, 3.8) is 0 Å². The summed E-state index contributed by atoms with van der Waals surface area (Å²) >= 11 is 0. The Bertz CT molecular complexity index is 716. The number of hydrogen-bond acceptors (Lipinski definition) is 2. The Morgan fingerprint density at radius 2 is 1.74 bits per heavy atom.